The zero-order valence-corrected chi connectivity index (χ0v) is 15.2. The van der Waals surface area contributed by atoms with Crippen LogP contribution in [0.4, 0.5) is 14.9 Å². The zero-order chi connectivity index (χ0) is 18.9. The minimum absolute atomic E-state index is 0.121. The lowest BCUT2D eigenvalue weighted by Crippen LogP contribution is -2.49. The molecule has 0 atom stereocenters. The molecule has 1 spiro atoms. The first-order valence-corrected chi connectivity index (χ1v) is 9.11. The maximum absolute atomic E-state index is 13.2. The number of nitrogens with one attached hydrogen (secondary N) is 2. The van der Waals surface area contributed by atoms with Crippen LogP contribution in [0.1, 0.15) is 39.0 Å². The Kier molecular flexibility index (Phi) is 5.18. The number of urea groups is 1. The van der Waals surface area contributed by atoms with Gasteiger partial charge in [0.05, 0.1) is 5.02 Å². The number of rotatable bonds is 4. The highest BCUT2D eigenvalue weighted by molar-refractivity contribution is 6.31. The average molecular weight is 382 g/mol. The van der Waals surface area contributed by atoms with Crippen molar-refractivity contribution in [2.45, 2.75) is 44.6 Å². The van der Waals surface area contributed by atoms with Crippen LogP contribution in [0.15, 0.2) is 18.2 Å². The van der Waals surface area contributed by atoms with Gasteiger partial charge in [0.2, 0.25) is 5.91 Å². The third-order valence-electron chi connectivity index (χ3n) is 5.29. The van der Waals surface area contributed by atoms with E-state index in [9.17, 15) is 18.8 Å². The molecule has 1 saturated heterocycles. The highest BCUT2D eigenvalue weighted by atomic mass is 35.5. The molecule has 8 heteroatoms. The lowest BCUT2D eigenvalue weighted by molar-refractivity contribution is -0.135. The van der Waals surface area contributed by atoms with Crippen molar-refractivity contribution in [2.24, 2.45) is 5.92 Å². The Bertz CT molecular complexity index is 747. The predicted molar refractivity (Wildman–Crippen MR) is 95.3 cm³/mol. The molecule has 0 bridgehead atoms. The topological polar surface area (TPSA) is 78.5 Å². The van der Waals surface area contributed by atoms with Crippen LogP contribution >= 0.6 is 11.6 Å². The third-order valence-corrected chi connectivity index (χ3v) is 5.58. The summed E-state index contributed by atoms with van der Waals surface area (Å²) in [6, 6.07) is 3.22. The number of amides is 4. The molecule has 2 aliphatic rings. The Morgan fingerprint density at radius 3 is 2.69 bits per heavy atom. The average Bonchev–Trinajstić information content (AvgIpc) is 2.83. The summed E-state index contributed by atoms with van der Waals surface area (Å²) in [5.74, 6) is -0.908. The first kappa shape index (κ1) is 18.6. The molecular formula is C18H21ClFN3O3. The zero-order valence-electron chi connectivity index (χ0n) is 14.5. The van der Waals surface area contributed by atoms with Crippen LogP contribution < -0.4 is 10.6 Å². The predicted octanol–water partition coefficient (Wildman–Crippen LogP) is 3.31. The van der Waals surface area contributed by atoms with Gasteiger partial charge in [0.1, 0.15) is 17.9 Å². The van der Waals surface area contributed by atoms with Crippen LogP contribution in [0.5, 0.6) is 0 Å². The number of anilines is 1. The molecule has 0 aromatic heterocycles. The number of benzene rings is 1. The number of imide groups is 1. The highest BCUT2D eigenvalue weighted by Gasteiger charge is 2.52. The minimum atomic E-state index is -0.873. The van der Waals surface area contributed by atoms with E-state index in [0.717, 1.165) is 30.2 Å². The standard InChI is InChI=1S/C18H21ClFN3O3/c1-2-11-5-7-18(8-6-11)16(25)23(17(26)22-18)10-15(24)21-12-3-4-14(20)13(19)9-12/h3-4,9,11H,2,5-8,10H2,1H3,(H,21,24)(H,22,26). The van der Waals surface area contributed by atoms with Crippen molar-refractivity contribution in [1.29, 1.82) is 0 Å². The van der Waals surface area contributed by atoms with E-state index in [1.807, 2.05) is 0 Å². The number of nitrogens with zero attached hydrogens (tertiary/aromatic N) is 1. The smallest absolute Gasteiger partial charge is 0.324 e. The van der Waals surface area contributed by atoms with E-state index in [0.29, 0.717) is 24.4 Å². The molecule has 26 heavy (non-hydrogen) atoms. The van der Waals surface area contributed by atoms with E-state index in [4.69, 9.17) is 11.6 Å². The molecule has 3 rings (SSSR count). The first-order valence-electron chi connectivity index (χ1n) is 8.73. The van der Waals surface area contributed by atoms with Crippen LogP contribution in [0.3, 0.4) is 0 Å². The van der Waals surface area contributed by atoms with Gasteiger partial charge in [-0.05, 0) is 49.8 Å². The maximum Gasteiger partial charge on any atom is 0.325 e. The Labute approximate surface area is 156 Å². The van der Waals surface area contributed by atoms with Gasteiger partial charge >= 0.3 is 6.03 Å². The van der Waals surface area contributed by atoms with Gasteiger partial charge in [-0.25, -0.2) is 9.18 Å². The monoisotopic (exact) mass is 381 g/mol. The highest BCUT2D eigenvalue weighted by Crippen LogP contribution is 2.37. The summed E-state index contributed by atoms with van der Waals surface area (Å²) >= 11 is 5.68. The van der Waals surface area contributed by atoms with E-state index >= 15 is 0 Å². The van der Waals surface area contributed by atoms with E-state index < -0.39 is 29.8 Å². The molecule has 4 amide bonds. The van der Waals surface area contributed by atoms with Crippen molar-refractivity contribution < 1.29 is 18.8 Å². The lowest BCUT2D eigenvalue weighted by Gasteiger charge is -2.34. The molecule has 140 valence electrons. The second kappa shape index (κ2) is 7.23. The summed E-state index contributed by atoms with van der Waals surface area (Å²) in [5, 5.41) is 5.19. The third kappa shape index (κ3) is 3.53. The van der Waals surface area contributed by atoms with Crippen molar-refractivity contribution in [3.05, 3.63) is 29.0 Å². The lowest BCUT2D eigenvalue weighted by atomic mass is 9.75. The minimum Gasteiger partial charge on any atom is -0.324 e. The Hall–Kier alpha value is -2.15. The molecule has 0 radical (unpaired) electrons. The SMILES string of the molecule is CCC1CCC2(CC1)NC(=O)N(CC(=O)Nc1ccc(F)c(Cl)c1)C2=O. The maximum atomic E-state index is 13.2. The van der Waals surface area contributed by atoms with Gasteiger partial charge in [0.25, 0.3) is 5.91 Å². The summed E-state index contributed by atoms with van der Waals surface area (Å²) in [6.45, 7) is 1.73. The second-order valence-electron chi connectivity index (χ2n) is 6.93. The van der Waals surface area contributed by atoms with Gasteiger partial charge in [-0.2, -0.15) is 0 Å². The van der Waals surface area contributed by atoms with Crippen molar-refractivity contribution in [3.63, 3.8) is 0 Å². The molecule has 1 aromatic carbocycles. The van der Waals surface area contributed by atoms with Crippen molar-refractivity contribution in [1.82, 2.24) is 10.2 Å². The first-order chi connectivity index (χ1) is 12.3. The van der Waals surface area contributed by atoms with Crippen LogP contribution in [-0.4, -0.2) is 34.8 Å². The number of carbonyl (C=O) groups excluding carboxylic acids is 3. The molecule has 1 aromatic rings. The van der Waals surface area contributed by atoms with Crippen LogP contribution in [0, 0.1) is 11.7 Å². The fraction of sp³-hybridized carbons (Fsp3) is 0.500. The summed E-state index contributed by atoms with van der Waals surface area (Å²) < 4.78 is 13.2. The van der Waals surface area contributed by atoms with Gasteiger partial charge in [0, 0.05) is 5.69 Å². The molecule has 2 fully saturated rings. The van der Waals surface area contributed by atoms with Crippen LogP contribution in [-0.2, 0) is 9.59 Å². The van der Waals surface area contributed by atoms with Crippen LogP contribution in [0.25, 0.3) is 0 Å². The van der Waals surface area contributed by atoms with Crippen LogP contribution in [0.2, 0.25) is 5.02 Å². The molecule has 1 aliphatic carbocycles. The van der Waals surface area contributed by atoms with Crippen molar-refractivity contribution >= 4 is 35.1 Å². The second-order valence-corrected chi connectivity index (χ2v) is 7.34. The number of carbonyl (C=O) groups is 3. The Morgan fingerprint density at radius 2 is 2.08 bits per heavy atom. The Balaban J connectivity index is 1.64. The molecule has 2 N–H and O–H groups in total. The molecule has 0 unspecified atom stereocenters. The number of halogens is 2. The molecule has 1 heterocycles. The summed E-state index contributed by atoms with van der Waals surface area (Å²) in [7, 11) is 0. The fourth-order valence-corrected chi connectivity index (χ4v) is 3.84. The molecule has 1 saturated carbocycles. The number of hydrogen-bond donors (Lipinski definition) is 2. The van der Waals surface area contributed by atoms with E-state index in [1.165, 1.54) is 12.1 Å². The van der Waals surface area contributed by atoms with Crippen molar-refractivity contribution in [2.75, 3.05) is 11.9 Å². The molecule has 6 nitrogen and oxygen atoms in total. The van der Waals surface area contributed by atoms with E-state index in [2.05, 4.69) is 17.6 Å². The quantitative estimate of drug-likeness (QED) is 0.785. The largest absolute Gasteiger partial charge is 0.325 e. The summed E-state index contributed by atoms with van der Waals surface area (Å²) in [6.07, 6.45) is 4.03. The normalized spacial score (nSPS) is 25.5. The van der Waals surface area contributed by atoms with Gasteiger partial charge < -0.3 is 10.6 Å². The van der Waals surface area contributed by atoms with Gasteiger partial charge in [-0.1, -0.05) is 24.9 Å². The van der Waals surface area contributed by atoms with E-state index in [1.54, 1.807) is 0 Å². The van der Waals surface area contributed by atoms with E-state index in [-0.39, 0.29) is 10.9 Å². The van der Waals surface area contributed by atoms with Gasteiger partial charge in [-0.3, -0.25) is 14.5 Å². The fourth-order valence-electron chi connectivity index (χ4n) is 3.66. The summed E-state index contributed by atoms with van der Waals surface area (Å²) in [4.78, 5) is 38.2. The molecule has 1 aliphatic heterocycles. The Morgan fingerprint density at radius 1 is 1.38 bits per heavy atom. The number of hydrogen-bond acceptors (Lipinski definition) is 3. The van der Waals surface area contributed by atoms with Gasteiger partial charge in [-0.15, -0.1) is 0 Å². The van der Waals surface area contributed by atoms with Crippen molar-refractivity contribution in [3.8, 4) is 0 Å². The summed E-state index contributed by atoms with van der Waals surface area (Å²) in [5.41, 5.74) is -0.575. The van der Waals surface area contributed by atoms with Gasteiger partial charge in [0.15, 0.2) is 0 Å². The molecular weight excluding hydrogens is 361 g/mol.